The predicted octanol–water partition coefficient (Wildman–Crippen LogP) is 3.99. The molecule has 0 unspecified atom stereocenters. The number of hydrogen-bond acceptors (Lipinski definition) is 3. The molecule has 4 rings (SSSR count). The first kappa shape index (κ1) is 20.2. The Morgan fingerprint density at radius 3 is 2.50 bits per heavy atom. The van der Waals surface area contributed by atoms with Crippen LogP contribution in [0.25, 0.3) is 16.7 Å². The lowest BCUT2D eigenvalue weighted by atomic mass is 10.2. The van der Waals surface area contributed by atoms with Crippen molar-refractivity contribution in [2.24, 2.45) is 7.05 Å². The van der Waals surface area contributed by atoms with Crippen molar-refractivity contribution in [1.29, 1.82) is 0 Å². The van der Waals surface area contributed by atoms with Gasteiger partial charge in [-0.15, -0.1) is 0 Å². The Hall–Kier alpha value is -3.10. The fourth-order valence-corrected chi connectivity index (χ4v) is 3.66. The number of aromatic amines is 1. The minimum atomic E-state index is -0.644. The summed E-state index contributed by atoms with van der Waals surface area (Å²) in [5.41, 5.74) is 1.37. The number of carbonyl (C=O) groups is 1. The number of fused-ring (bicyclic) bond motifs is 1. The molecule has 4 aromatic rings. The minimum absolute atomic E-state index is 0.184. The standard InChI is InChI=1S/C21H16BrClN4O3/c1-11-9-13(5-8-16(11)22)24-19(28)15-10-26(2)18-17(15)25-21(30)27(20(18)29)14-6-3-12(23)4-7-14/h3-10H,1-2H3,(H,24,28)(H,25,30). The summed E-state index contributed by atoms with van der Waals surface area (Å²) < 4.78 is 3.47. The molecule has 0 aliphatic rings. The van der Waals surface area contributed by atoms with Gasteiger partial charge in [-0.2, -0.15) is 0 Å². The van der Waals surface area contributed by atoms with Crippen LogP contribution in [0.4, 0.5) is 5.69 Å². The fourth-order valence-electron chi connectivity index (χ4n) is 3.29. The van der Waals surface area contributed by atoms with Gasteiger partial charge in [0.05, 0.1) is 16.8 Å². The first-order chi connectivity index (χ1) is 14.3. The number of nitrogens with one attached hydrogen (secondary N) is 2. The van der Waals surface area contributed by atoms with Crippen LogP contribution in [0, 0.1) is 6.92 Å². The van der Waals surface area contributed by atoms with Crippen molar-refractivity contribution in [3.8, 4) is 5.69 Å². The van der Waals surface area contributed by atoms with Gasteiger partial charge in [-0.05, 0) is 55.0 Å². The lowest BCUT2D eigenvalue weighted by Gasteiger charge is -2.07. The van der Waals surface area contributed by atoms with E-state index in [-0.39, 0.29) is 16.6 Å². The molecule has 0 aliphatic heterocycles. The summed E-state index contributed by atoms with van der Waals surface area (Å²) in [6.45, 7) is 1.91. The lowest BCUT2D eigenvalue weighted by molar-refractivity contribution is 0.102. The van der Waals surface area contributed by atoms with E-state index >= 15 is 0 Å². The number of benzene rings is 2. The molecular weight excluding hydrogens is 472 g/mol. The predicted molar refractivity (Wildman–Crippen MR) is 121 cm³/mol. The summed E-state index contributed by atoms with van der Waals surface area (Å²) in [4.78, 5) is 41.3. The number of anilines is 1. The van der Waals surface area contributed by atoms with Crippen LogP contribution in [-0.4, -0.2) is 20.0 Å². The zero-order valence-electron chi connectivity index (χ0n) is 16.0. The van der Waals surface area contributed by atoms with Gasteiger partial charge in [0.2, 0.25) is 0 Å². The van der Waals surface area contributed by atoms with Gasteiger partial charge in [0.1, 0.15) is 5.52 Å². The Bertz CT molecular complexity index is 1420. The topological polar surface area (TPSA) is 88.9 Å². The normalized spacial score (nSPS) is 11.1. The molecule has 7 nitrogen and oxygen atoms in total. The molecule has 0 bridgehead atoms. The van der Waals surface area contributed by atoms with Crippen LogP contribution < -0.4 is 16.6 Å². The summed E-state index contributed by atoms with van der Waals surface area (Å²) in [6, 6.07) is 11.8. The maximum Gasteiger partial charge on any atom is 0.333 e. The van der Waals surface area contributed by atoms with Gasteiger partial charge in [0.15, 0.2) is 0 Å². The highest BCUT2D eigenvalue weighted by molar-refractivity contribution is 9.10. The Morgan fingerprint density at radius 2 is 1.83 bits per heavy atom. The number of aryl methyl sites for hydroxylation is 2. The number of hydrogen-bond donors (Lipinski definition) is 2. The molecule has 0 saturated heterocycles. The van der Waals surface area contributed by atoms with E-state index in [0.29, 0.717) is 16.4 Å². The molecule has 30 heavy (non-hydrogen) atoms. The molecule has 0 spiro atoms. The van der Waals surface area contributed by atoms with Gasteiger partial charge in [-0.3, -0.25) is 9.59 Å². The number of amides is 1. The van der Waals surface area contributed by atoms with E-state index in [1.807, 2.05) is 19.1 Å². The molecule has 9 heteroatoms. The van der Waals surface area contributed by atoms with Crippen molar-refractivity contribution >= 4 is 50.2 Å². The molecule has 2 N–H and O–H groups in total. The van der Waals surface area contributed by atoms with Crippen molar-refractivity contribution in [1.82, 2.24) is 14.1 Å². The molecule has 0 fully saturated rings. The molecule has 0 saturated carbocycles. The van der Waals surface area contributed by atoms with Crippen LogP contribution in [0.2, 0.25) is 5.02 Å². The Morgan fingerprint density at radius 1 is 1.13 bits per heavy atom. The number of nitrogens with zero attached hydrogens (tertiary/aromatic N) is 2. The molecule has 0 aliphatic carbocycles. The van der Waals surface area contributed by atoms with Crippen LogP contribution in [0.3, 0.4) is 0 Å². The Balaban J connectivity index is 1.82. The monoisotopic (exact) mass is 486 g/mol. The molecular formula is C21H16BrClN4O3. The van der Waals surface area contributed by atoms with E-state index < -0.39 is 17.2 Å². The van der Waals surface area contributed by atoms with Gasteiger partial charge in [0, 0.05) is 28.4 Å². The summed E-state index contributed by atoms with van der Waals surface area (Å²) in [5.74, 6) is -0.429. The molecule has 1 amide bonds. The second kappa shape index (κ2) is 7.62. The molecule has 2 aromatic heterocycles. The smallest absolute Gasteiger partial charge is 0.333 e. The third-order valence-electron chi connectivity index (χ3n) is 4.77. The van der Waals surface area contributed by atoms with Crippen LogP contribution >= 0.6 is 27.5 Å². The number of H-pyrrole nitrogens is 1. The maximum absolute atomic E-state index is 13.1. The van der Waals surface area contributed by atoms with Gasteiger partial charge < -0.3 is 14.9 Å². The second-order valence-electron chi connectivity index (χ2n) is 6.84. The molecule has 0 radical (unpaired) electrons. The van der Waals surface area contributed by atoms with Crippen LogP contribution in [0.1, 0.15) is 15.9 Å². The molecule has 2 aromatic carbocycles. The van der Waals surface area contributed by atoms with Crippen molar-refractivity contribution < 1.29 is 4.79 Å². The van der Waals surface area contributed by atoms with Gasteiger partial charge in [0.25, 0.3) is 11.5 Å². The first-order valence-corrected chi connectivity index (χ1v) is 10.1. The number of aromatic nitrogens is 3. The lowest BCUT2D eigenvalue weighted by Crippen LogP contribution is -2.34. The molecule has 0 atom stereocenters. The van der Waals surface area contributed by atoms with Crippen molar-refractivity contribution in [3.63, 3.8) is 0 Å². The average Bonchev–Trinajstić information content (AvgIpc) is 3.02. The largest absolute Gasteiger partial charge is 0.344 e. The van der Waals surface area contributed by atoms with Crippen LogP contribution in [-0.2, 0) is 7.05 Å². The fraction of sp³-hybridized carbons (Fsp3) is 0.0952. The van der Waals surface area contributed by atoms with Crippen molar-refractivity contribution in [2.45, 2.75) is 6.92 Å². The third-order valence-corrected chi connectivity index (χ3v) is 5.91. The summed E-state index contributed by atoms with van der Waals surface area (Å²) in [5, 5.41) is 3.30. The average molecular weight is 488 g/mol. The zero-order chi connectivity index (χ0) is 21.6. The third kappa shape index (κ3) is 3.48. The van der Waals surface area contributed by atoms with Crippen LogP contribution in [0.15, 0.2) is 62.7 Å². The summed E-state index contributed by atoms with van der Waals surface area (Å²) >= 11 is 9.32. The van der Waals surface area contributed by atoms with Gasteiger partial charge in [-0.1, -0.05) is 27.5 Å². The van der Waals surface area contributed by atoms with Gasteiger partial charge >= 0.3 is 5.69 Å². The molecule has 152 valence electrons. The van der Waals surface area contributed by atoms with E-state index in [1.54, 1.807) is 37.4 Å². The Labute approximate surface area is 184 Å². The van der Waals surface area contributed by atoms with E-state index in [4.69, 9.17) is 11.6 Å². The van der Waals surface area contributed by atoms with E-state index in [2.05, 4.69) is 26.2 Å². The SMILES string of the molecule is Cc1cc(NC(=O)c2cn(C)c3c(=O)n(-c4ccc(Cl)cc4)c(=O)[nH]c23)ccc1Br. The first-order valence-electron chi connectivity index (χ1n) is 8.94. The second-order valence-corrected chi connectivity index (χ2v) is 8.13. The maximum atomic E-state index is 13.1. The minimum Gasteiger partial charge on any atom is -0.344 e. The summed E-state index contributed by atoms with van der Waals surface area (Å²) in [6.07, 6.45) is 1.52. The summed E-state index contributed by atoms with van der Waals surface area (Å²) in [7, 11) is 1.65. The Kier molecular flexibility index (Phi) is 5.13. The highest BCUT2D eigenvalue weighted by Crippen LogP contribution is 2.22. The van der Waals surface area contributed by atoms with Gasteiger partial charge in [-0.25, -0.2) is 9.36 Å². The van der Waals surface area contributed by atoms with Crippen molar-refractivity contribution in [3.05, 3.63) is 90.1 Å². The van der Waals surface area contributed by atoms with Crippen LogP contribution in [0.5, 0.6) is 0 Å². The quantitative estimate of drug-likeness (QED) is 0.458. The zero-order valence-corrected chi connectivity index (χ0v) is 18.3. The molecule has 2 heterocycles. The highest BCUT2D eigenvalue weighted by Gasteiger charge is 2.20. The highest BCUT2D eigenvalue weighted by atomic mass is 79.9. The number of halogens is 2. The van der Waals surface area contributed by atoms with E-state index in [0.717, 1.165) is 14.6 Å². The number of rotatable bonds is 3. The number of carbonyl (C=O) groups excluding carboxylic acids is 1. The van der Waals surface area contributed by atoms with E-state index in [9.17, 15) is 14.4 Å². The van der Waals surface area contributed by atoms with Crippen molar-refractivity contribution in [2.75, 3.05) is 5.32 Å². The van der Waals surface area contributed by atoms with E-state index in [1.165, 1.54) is 10.8 Å².